The number of hydrogen-bond acceptors (Lipinski definition) is 6. The molecule has 3 aromatic heterocycles. The molecule has 0 aliphatic carbocycles. The maximum absolute atomic E-state index is 15.1. The molecule has 1 aliphatic heterocycles. The Bertz CT molecular complexity index is 1590. The van der Waals surface area contributed by atoms with Crippen LogP contribution in [0.3, 0.4) is 0 Å². The molecule has 0 radical (unpaired) electrons. The predicted molar refractivity (Wildman–Crippen MR) is 135 cm³/mol. The lowest BCUT2D eigenvalue weighted by Gasteiger charge is -2.29. The molecular formula is C25H21F3N6O2S. The lowest BCUT2D eigenvalue weighted by atomic mass is 10.0. The van der Waals surface area contributed by atoms with Gasteiger partial charge in [0.05, 0.1) is 23.1 Å². The number of anilines is 2. The third-order valence-corrected chi connectivity index (χ3v) is 6.38. The number of hydrogen-bond donors (Lipinski definition) is 0. The molecule has 37 heavy (non-hydrogen) atoms. The van der Waals surface area contributed by atoms with E-state index in [2.05, 4.69) is 9.97 Å². The molecule has 1 fully saturated rings. The lowest BCUT2D eigenvalue weighted by molar-refractivity contribution is -0.120. The molecule has 0 N–H and O–H groups in total. The highest BCUT2D eigenvalue weighted by molar-refractivity contribution is 7.81. The van der Waals surface area contributed by atoms with Crippen LogP contribution >= 0.6 is 12.2 Å². The number of alkyl halides is 2. The second kappa shape index (κ2) is 9.08. The molecule has 0 aromatic carbocycles. The first kappa shape index (κ1) is 26.0. The highest BCUT2D eigenvalue weighted by atomic mass is 32.1. The number of allylic oxidation sites excluding steroid dienone is 2. The largest absolute Gasteiger partial charge is 0.302 e. The normalized spacial score (nSPS) is 15.7. The molecule has 8 nitrogen and oxygen atoms in total. The summed E-state index contributed by atoms with van der Waals surface area (Å²) in [7, 11) is 0. The van der Waals surface area contributed by atoms with E-state index in [9.17, 15) is 23.6 Å². The molecule has 0 bridgehead atoms. The number of rotatable bonds is 5. The maximum Gasteiger partial charge on any atom is 0.294 e. The van der Waals surface area contributed by atoms with E-state index < -0.39 is 40.0 Å². The molecule has 4 rings (SSSR count). The predicted octanol–water partition coefficient (Wildman–Crippen LogP) is 4.25. The van der Waals surface area contributed by atoms with E-state index in [0.717, 1.165) is 33.7 Å². The number of carbonyl (C=O) groups excluding carboxylic acids is 1. The van der Waals surface area contributed by atoms with Crippen molar-refractivity contribution < 1.29 is 18.0 Å². The number of thiocarbonyl (C=S) groups is 1. The van der Waals surface area contributed by atoms with E-state index in [1.807, 2.05) is 0 Å². The van der Waals surface area contributed by atoms with Crippen LogP contribution in [0.25, 0.3) is 5.65 Å². The quantitative estimate of drug-likeness (QED) is 0.362. The van der Waals surface area contributed by atoms with E-state index in [1.54, 1.807) is 13.0 Å². The Balaban J connectivity index is 1.86. The Hall–Kier alpha value is -4.11. The number of carbonyl (C=O) groups is 1. The summed E-state index contributed by atoms with van der Waals surface area (Å²) >= 11 is 5.55. The molecule has 190 valence electrons. The van der Waals surface area contributed by atoms with Gasteiger partial charge in [-0.3, -0.25) is 18.9 Å². The smallest absolute Gasteiger partial charge is 0.294 e. The zero-order valence-electron chi connectivity index (χ0n) is 20.3. The molecule has 0 spiro atoms. The minimum absolute atomic E-state index is 0.0866. The molecule has 0 unspecified atom stereocenters. The molecule has 1 saturated heterocycles. The van der Waals surface area contributed by atoms with Crippen LogP contribution in [0.5, 0.6) is 0 Å². The van der Waals surface area contributed by atoms with Crippen molar-refractivity contribution >= 4 is 40.3 Å². The van der Waals surface area contributed by atoms with Crippen molar-refractivity contribution in [3.8, 4) is 6.07 Å². The third-order valence-electron chi connectivity index (χ3n) is 6.02. The summed E-state index contributed by atoms with van der Waals surface area (Å²) in [4.78, 5) is 36.4. The van der Waals surface area contributed by atoms with Crippen LogP contribution in [0.15, 0.2) is 47.5 Å². The highest BCUT2D eigenvalue weighted by Crippen LogP contribution is 2.39. The molecule has 0 atom stereocenters. The molecule has 1 aliphatic rings. The van der Waals surface area contributed by atoms with Gasteiger partial charge in [-0.25, -0.2) is 14.4 Å². The first-order valence-electron chi connectivity index (χ1n) is 11.2. The van der Waals surface area contributed by atoms with Gasteiger partial charge in [0.2, 0.25) is 0 Å². The van der Waals surface area contributed by atoms with Crippen LogP contribution in [0.2, 0.25) is 0 Å². The number of fused-ring (bicyclic) bond motifs is 1. The fraction of sp³-hybridized carbons (Fsp3) is 0.280. The average molecular weight is 527 g/mol. The Kier molecular flexibility index (Phi) is 6.37. The van der Waals surface area contributed by atoms with Crippen molar-refractivity contribution in [1.82, 2.24) is 14.4 Å². The topological polar surface area (TPSA) is 94.6 Å². The van der Waals surface area contributed by atoms with Gasteiger partial charge in [-0.2, -0.15) is 14.0 Å². The Morgan fingerprint density at radius 1 is 1.22 bits per heavy atom. The van der Waals surface area contributed by atoms with E-state index in [0.29, 0.717) is 18.2 Å². The Morgan fingerprint density at radius 3 is 2.54 bits per heavy atom. The average Bonchev–Trinajstić information content (AvgIpc) is 3.02. The molecular weight excluding hydrogens is 505 g/mol. The van der Waals surface area contributed by atoms with Gasteiger partial charge in [-0.15, -0.1) is 0 Å². The SMILES string of the molecule is C/C=C/C(F)(F)c1cc(N2C(=O)C(C)(C)N(c3cc(F)c4nc(CC)cc(=O)n4c3)C2=S)cnc1C#N. The summed E-state index contributed by atoms with van der Waals surface area (Å²) in [6, 6.07) is 5.01. The summed E-state index contributed by atoms with van der Waals surface area (Å²) in [6.45, 7) is 6.24. The van der Waals surface area contributed by atoms with Gasteiger partial charge >= 0.3 is 0 Å². The third kappa shape index (κ3) is 4.15. The second-order valence-corrected chi connectivity index (χ2v) is 9.19. The fourth-order valence-corrected chi connectivity index (χ4v) is 4.70. The summed E-state index contributed by atoms with van der Waals surface area (Å²) in [5.74, 6) is -4.94. The standard InChI is InChI=1S/C25H21F3N6O2S/c1-5-7-25(27,28)17-9-15(12-30-19(17)11-29)33-22(36)24(3,4)34(23(33)37)16-10-18(26)21-31-14(6-2)8-20(35)32(21)13-16/h5,7-10,12-13H,6H2,1-4H3/b7-5+. The van der Waals surface area contributed by atoms with Crippen molar-refractivity contribution in [2.24, 2.45) is 0 Å². The molecule has 12 heteroatoms. The monoisotopic (exact) mass is 526 g/mol. The number of aryl methyl sites for hydroxylation is 1. The Labute approximate surface area is 215 Å². The van der Waals surface area contributed by atoms with Crippen LogP contribution in [-0.2, 0) is 17.1 Å². The molecule has 1 amide bonds. The fourth-order valence-electron chi connectivity index (χ4n) is 4.17. The minimum atomic E-state index is -3.53. The molecule has 0 saturated carbocycles. The lowest BCUT2D eigenvalue weighted by Crippen LogP contribution is -2.44. The Morgan fingerprint density at radius 2 is 1.92 bits per heavy atom. The first-order chi connectivity index (χ1) is 17.4. The van der Waals surface area contributed by atoms with Crippen LogP contribution < -0.4 is 15.4 Å². The summed E-state index contributed by atoms with van der Waals surface area (Å²) in [6.07, 6.45) is 4.61. The minimum Gasteiger partial charge on any atom is -0.302 e. The number of halogens is 3. The highest BCUT2D eigenvalue weighted by Gasteiger charge is 2.51. The van der Waals surface area contributed by atoms with Crippen LogP contribution in [-0.4, -0.2) is 30.9 Å². The van der Waals surface area contributed by atoms with Crippen molar-refractivity contribution in [1.29, 1.82) is 5.26 Å². The van der Waals surface area contributed by atoms with Gasteiger partial charge in [0.15, 0.2) is 16.6 Å². The van der Waals surface area contributed by atoms with Crippen molar-refractivity contribution in [3.63, 3.8) is 0 Å². The van der Waals surface area contributed by atoms with E-state index in [1.165, 1.54) is 37.9 Å². The van der Waals surface area contributed by atoms with Crippen LogP contribution in [0, 0.1) is 17.1 Å². The van der Waals surface area contributed by atoms with E-state index in [-0.39, 0.29) is 22.1 Å². The van der Waals surface area contributed by atoms with E-state index >= 15 is 4.39 Å². The zero-order chi connectivity index (χ0) is 27.3. The molecule has 3 aromatic rings. The number of aromatic nitrogens is 3. The van der Waals surface area contributed by atoms with Gasteiger partial charge in [0.25, 0.3) is 17.4 Å². The first-order valence-corrected chi connectivity index (χ1v) is 11.6. The van der Waals surface area contributed by atoms with Gasteiger partial charge in [-0.05, 0) is 51.6 Å². The molecule has 4 heterocycles. The second-order valence-electron chi connectivity index (χ2n) is 8.82. The number of pyridine rings is 2. The summed E-state index contributed by atoms with van der Waals surface area (Å²) < 4.78 is 45.6. The number of nitriles is 1. The van der Waals surface area contributed by atoms with Gasteiger partial charge < -0.3 is 4.90 Å². The zero-order valence-corrected chi connectivity index (χ0v) is 21.1. The van der Waals surface area contributed by atoms with Gasteiger partial charge in [0.1, 0.15) is 17.3 Å². The van der Waals surface area contributed by atoms with Crippen molar-refractivity contribution in [2.75, 3.05) is 9.80 Å². The summed E-state index contributed by atoms with van der Waals surface area (Å²) in [5.41, 5.74) is -2.85. The van der Waals surface area contributed by atoms with Crippen LogP contribution in [0.4, 0.5) is 24.5 Å². The maximum atomic E-state index is 15.1. The number of amides is 1. The van der Waals surface area contributed by atoms with Gasteiger partial charge in [-0.1, -0.05) is 13.0 Å². The van der Waals surface area contributed by atoms with Crippen molar-refractivity contribution in [3.05, 3.63) is 75.9 Å². The van der Waals surface area contributed by atoms with Crippen LogP contribution in [0.1, 0.15) is 44.6 Å². The van der Waals surface area contributed by atoms with Crippen molar-refractivity contribution in [2.45, 2.75) is 45.6 Å². The number of nitrogens with zero attached hydrogens (tertiary/aromatic N) is 6. The summed E-state index contributed by atoms with van der Waals surface area (Å²) in [5, 5.41) is 9.15. The van der Waals surface area contributed by atoms with E-state index in [4.69, 9.17) is 12.2 Å². The van der Waals surface area contributed by atoms with Gasteiger partial charge in [0, 0.05) is 24.0 Å².